The number of benzene rings is 1. The van der Waals surface area contributed by atoms with Crippen molar-refractivity contribution in [1.82, 2.24) is 0 Å². The number of carbonyl (C=O) groups is 1. The van der Waals surface area contributed by atoms with Gasteiger partial charge in [-0.2, -0.15) is 0 Å². The topological polar surface area (TPSA) is 74.0 Å². The average Bonchev–Trinajstić information content (AvgIpc) is 2.99. The highest BCUT2D eigenvalue weighted by Crippen LogP contribution is 2.41. The van der Waals surface area contributed by atoms with Crippen LogP contribution in [0.15, 0.2) is 12.1 Å². The first-order valence-corrected chi connectivity index (χ1v) is 7.34. The molecule has 1 amide bonds. The van der Waals surface area contributed by atoms with Gasteiger partial charge < -0.3 is 24.8 Å². The molecule has 0 spiro atoms. The second kappa shape index (κ2) is 7.75. The van der Waals surface area contributed by atoms with Crippen molar-refractivity contribution in [3.8, 4) is 17.2 Å². The van der Waals surface area contributed by atoms with E-state index in [9.17, 15) is 4.79 Å². The Morgan fingerprint density at radius 3 is 1.96 bits per heavy atom. The van der Waals surface area contributed by atoms with Gasteiger partial charge in [-0.05, 0) is 12.8 Å². The van der Waals surface area contributed by atoms with Gasteiger partial charge in [0.05, 0.1) is 32.6 Å². The molecule has 0 aliphatic heterocycles. The summed E-state index contributed by atoms with van der Waals surface area (Å²) in [7, 11) is 6.35. The highest BCUT2D eigenvalue weighted by molar-refractivity contribution is 6.00. The number of amides is 1. The lowest BCUT2D eigenvalue weighted by atomic mass is 9.97. The van der Waals surface area contributed by atoms with E-state index in [4.69, 9.17) is 19.9 Å². The molecule has 1 aromatic carbocycles. The Morgan fingerprint density at radius 1 is 1.09 bits per heavy atom. The van der Waals surface area contributed by atoms with Crippen molar-refractivity contribution in [1.29, 1.82) is 0 Å². The first kappa shape index (κ1) is 19.4. The molecule has 0 unspecified atom stereocenters. The number of rotatable bonds is 5. The van der Waals surface area contributed by atoms with Crippen LogP contribution in [0.1, 0.15) is 25.7 Å². The third-order valence-electron chi connectivity index (χ3n) is 4.26. The molecule has 2 N–H and O–H groups in total. The van der Waals surface area contributed by atoms with E-state index in [1.165, 1.54) is 0 Å². The maximum atomic E-state index is 12.7. The SMILES string of the molecule is COc1cc(N(C)C(=O)C2(N)CCCC2)cc(OC)c1OC.Cl. The number of methoxy groups -OCH3 is 3. The second-order valence-electron chi connectivity index (χ2n) is 5.61. The van der Waals surface area contributed by atoms with E-state index in [0.29, 0.717) is 22.9 Å². The number of nitrogens with two attached hydrogens (primary N) is 1. The van der Waals surface area contributed by atoms with E-state index in [1.807, 2.05) is 0 Å². The maximum Gasteiger partial charge on any atom is 0.246 e. The molecule has 23 heavy (non-hydrogen) atoms. The molecule has 130 valence electrons. The first-order chi connectivity index (χ1) is 10.5. The van der Waals surface area contributed by atoms with E-state index < -0.39 is 5.54 Å². The zero-order chi connectivity index (χ0) is 16.3. The number of ether oxygens (including phenoxy) is 3. The summed E-state index contributed by atoms with van der Waals surface area (Å²) in [4.78, 5) is 14.3. The zero-order valence-corrected chi connectivity index (χ0v) is 14.9. The number of halogens is 1. The van der Waals surface area contributed by atoms with E-state index >= 15 is 0 Å². The van der Waals surface area contributed by atoms with E-state index in [2.05, 4.69) is 0 Å². The number of anilines is 1. The molecule has 0 aromatic heterocycles. The summed E-state index contributed by atoms with van der Waals surface area (Å²) < 4.78 is 15.9. The number of hydrogen-bond acceptors (Lipinski definition) is 5. The summed E-state index contributed by atoms with van der Waals surface area (Å²) in [5, 5.41) is 0. The van der Waals surface area contributed by atoms with Gasteiger partial charge in [0.15, 0.2) is 11.5 Å². The van der Waals surface area contributed by atoms with Crippen LogP contribution in [0.5, 0.6) is 17.2 Å². The Kier molecular flexibility index (Phi) is 6.53. The van der Waals surface area contributed by atoms with E-state index in [1.54, 1.807) is 45.4 Å². The quantitative estimate of drug-likeness (QED) is 0.887. The fourth-order valence-corrected chi connectivity index (χ4v) is 2.93. The molecule has 2 rings (SSSR count). The van der Waals surface area contributed by atoms with Gasteiger partial charge in [-0.15, -0.1) is 12.4 Å². The predicted molar refractivity (Wildman–Crippen MR) is 92.1 cm³/mol. The second-order valence-corrected chi connectivity index (χ2v) is 5.61. The molecule has 0 bridgehead atoms. The molecule has 0 atom stereocenters. The van der Waals surface area contributed by atoms with Crippen LogP contribution in [0.2, 0.25) is 0 Å². The minimum atomic E-state index is -0.769. The lowest BCUT2D eigenvalue weighted by molar-refractivity contribution is -0.123. The van der Waals surface area contributed by atoms with Gasteiger partial charge in [-0.1, -0.05) is 12.8 Å². The molecule has 1 aliphatic rings. The molecule has 1 saturated carbocycles. The van der Waals surface area contributed by atoms with E-state index in [-0.39, 0.29) is 18.3 Å². The lowest BCUT2D eigenvalue weighted by Crippen LogP contribution is -2.52. The smallest absolute Gasteiger partial charge is 0.246 e. The van der Waals surface area contributed by atoms with Crippen LogP contribution in [0.25, 0.3) is 0 Å². The van der Waals surface area contributed by atoms with Gasteiger partial charge in [-0.3, -0.25) is 4.79 Å². The molecule has 0 heterocycles. The summed E-state index contributed by atoms with van der Waals surface area (Å²) in [6.07, 6.45) is 3.43. The van der Waals surface area contributed by atoms with Gasteiger partial charge in [-0.25, -0.2) is 0 Å². The monoisotopic (exact) mass is 344 g/mol. The zero-order valence-electron chi connectivity index (χ0n) is 14.0. The molecular weight excluding hydrogens is 320 g/mol. The van der Waals surface area contributed by atoms with Crippen LogP contribution in [-0.2, 0) is 4.79 Å². The molecule has 0 saturated heterocycles. The molecule has 1 fully saturated rings. The third kappa shape index (κ3) is 3.64. The van der Waals surface area contributed by atoms with Crippen LogP contribution in [-0.4, -0.2) is 39.8 Å². The summed E-state index contributed by atoms with van der Waals surface area (Å²) in [6, 6.07) is 3.50. The molecular formula is C16H25ClN2O4. The normalized spacial score (nSPS) is 15.5. The van der Waals surface area contributed by atoms with Gasteiger partial charge >= 0.3 is 0 Å². The van der Waals surface area contributed by atoms with Crippen molar-refractivity contribution in [3.05, 3.63) is 12.1 Å². The van der Waals surface area contributed by atoms with Crippen LogP contribution >= 0.6 is 12.4 Å². The third-order valence-corrected chi connectivity index (χ3v) is 4.26. The van der Waals surface area contributed by atoms with Crippen molar-refractivity contribution in [2.24, 2.45) is 5.73 Å². The van der Waals surface area contributed by atoms with E-state index in [0.717, 1.165) is 25.7 Å². The minimum absolute atomic E-state index is 0. The van der Waals surface area contributed by atoms with Crippen molar-refractivity contribution in [2.75, 3.05) is 33.3 Å². The fourth-order valence-electron chi connectivity index (χ4n) is 2.93. The minimum Gasteiger partial charge on any atom is -0.493 e. The van der Waals surface area contributed by atoms with Crippen LogP contribution in [0.4, 0.5) is 5.69 Å². The Balaban J connectivity index is 0.00000264. The summed E-state index contributed by atoms with van der Waals surface area (Å²) in [5.74, 6) is 1.43. The Bertz CT molecular complexity index is 534. The highest BCUT2D eigenvalue weighted by atomic mass is 35.5. The van der Waals surface area contributed by atoms with Gasteiger partial charge in [0.25, 0.3) is 0 Å². The molecule has 7 heteroatoms. The predicted octanol–water partition coefficient (Wildman–Crippen LogP) is 2.37. The number of carbonyl (C=O) groups excluding carboxylic acids is 1. The number of likely N-dealkylation sites (N-methyl/N-ethyl adjacent to an activating group) is 1. The maximum absolute atomic E-state index is 12.7. The fraction of sp³-hybridized carbons (Fsp3) is 0.562. The van der Waals surface area contributed by atoms with Gasteiger partial charge in [0.1, 0.15) is 0 Å². The van der Waals surface area contributed by atoms with Crippen molar-refractivity contribution < 1.29 is 19.0 Å². The average molecular weight is 345 g/mol. The Labute approximate surface area is 143 Å². The summed E-state index contributed by atoms with van der Waals surface area (Å²) in [6.45, 7) is 0. The van der Waals surface area contributed by atoms with Crippen LogP contribution in [0, 0.1) is 0 Å². The van der Waals surface area contributed by atoms with Crippen molar-refractivity contribution in [2.45, 2.75) is 31.2 Å². The Morgan fingerprint density at radius 2 is 1.57 bits per heavy atom. The largest absolute Gasteiger partial charge is 0.493 e. The lowest BCUT2D eigenvalue weighted by Gasteiger charge is -2.29. The number of hydrogen-bond donors (Lipinski definition) is 1. The van der Waals surface area contributed by atoms with Crippen molar-refractivity contribution in [3.63, 3.8) is 0 Å². The van der Waals surface area contributed by atoms with Crippen molar-refractivity contribution >= 4 is 24.0 Å². The first-order valence-electron chi connectivity index (χ1n) is 7.34. The molecule has 0 radical (unpaired) electrons. The molecule has 6 nitrogen and oxygen atoms in total. The van der Waals surface area contributed by atoms with Gasteiger partial charge in [0, 0.05) is 19.2 Å². The Hall–Kier alpha value is -1.66. The number of nitrogens with zero attached hydrogens (tertiary/aromatic N) is 1. The van der Waals surface area contributed by atoms with Gasteiger partial charge in [0.2, 0.25) is 11.7 Å². The molecule has 1 aromatic rings. The summed E-state index contributed by atoms with van der Waals surface area (Å²) >= 11 is 0. The standard InChI is InChI=1S/C16H24N2O4.ClH/c1-18(15(19)16(17)7-5-6-8-16)11-9-12(20-2)14(22-4)13(10-11)21-3;/h9-10H,5-8,17H2,1-4H3;1H. The summed E-state index contributed by atoms with van der Waals surface area (Å²) in [5.41, 5.74) is 6.15. The van der Waals surface area contributed by atoms with Crippen LogP contribution < -0.4 is 24.8 Å². The molecule has 1 aliphatic carbocycles. The van der Waals surface area contributed by atoms with Crippen LogP contribution in [0.3, 0.4) is 0 Å². The highest BCUT2D eigenvalue weighted by Gasteiger charge is 2.39.